The van der Waals surface area contributed by atoms with Crippen LogP contribution in [0, 0.1) is 40.2 Å². The van der Waals surface area contributed by atoms with Gasteiger partial charge in [0.25, 0.3) is 0 Å². The van der Waals surface area contributed by atoms with E-state index in [9.17, 15) is 5.26 Å². The van der Waals surface area contributed by atoms with Crippen molar-refractivity contribution in [2.24, 2.45) is 11.7 Å². The number of hydrogen-bond donors (Lipinski definition) is 2. The molecule has 5 heterocycles. The predicted octanol–water partition coefficient (Wildman–Crippen LogP) is 4.47. The Morgan fingerprint density at radius 1 is 1.13 bits per heavy atom. The van der Waals surface area contributed by atoms with E-state index in [4.69, 9.17) is 20.5 Å². The number of fused-ring (bicyclic) bond motifs is 1. The Balaban J connectivity index is 1.28. The molecule has 0 unspecified atom stereocenters. The van der Waals surface area contributed by atoms with Crippen LogP contribution in [0.25, 0.3) is 16.8 Å². The molecule has 0 saturated carbocycles. The first-order chi connectivity index (χ1) is 21.8. The molecular weight excluding hydrogens is 580 g/mol. The summed E-state index contributed by atoms with van der Waals surface area (Å²) in [6.07, 6.45) is 5.85. The van der Waals surface area contributed by atoms with Crippen molar-refractivity contribution in [2.75, 3.05) is 43.1 Å². The number of piperidine rings is 1. The Kier molecular flexibility index (Phi) is 8.59. The fraction of sp³-hybridized carbons (Fsp3) is 0.406. The second kappa shape index (κ2) is 12.7. The summed E-state index contributed by atoms with van der Waals surface area (Å²) in [7, 11) is 0. The van der Waals surface area contributed by atoms with Crippen LogP contribution in [0.5, 0.6) is 0 Å². The summed E-state index contributed by atoms with van der Waals surface area (Å²) >= 11 is 0. The molecule has 45 heavy (non-hydrogen) atoms. The van der Waals surface area contributed by atoms with Crippen molar-refractivity contribution in [1.29, 1.82) is 10.5 Å². The van der Waals surface area contributed by atoms with Gasteiger partial charge in [-0.05, 0) is 48.7 Å². The summed E-state index contributed by atoms with van der Waals surface area (Å²) in [6, 6.07) is 11.7. The summed E-state index contributed by atoms with van der Waals surface area (Å²) in [5, 5.41) is 26.6. The van der Waals surface area contributed by atoms with Crippen molar-refractivity contribution in [3.63, 3.8) is 0 Å². The maximum Gasteiger partial charge on any atom is 0.229 e. The van der Waals surface area contributed by atoms with Crippen LogP contribution in [0.15, 0.2) is 48.9 Å². The van der Waals surface area contributed by atoms with Gasteiger partial charge in [0, 0.05) is 44.5 Å². The maximum absolute atomic E-state index is 15.6. The van der Waals surface area contributed by atoms with Gasteiger partial charge in [0.05, 0.1) is 77.2 Å². The fourth-order valence-electron chi connectivity index (χ4n) is 6.29. The van der Waals surface area contributed by atoms with E-state index in [2.05, 4.69) is 44.3 Å². The van der Waals surface area contributed by atoms with Crippen molar-refractivity contribution in [3.8, 4) is 23.4 Å². The van der Waals surface area contributed by atoms with E-state index < -0.39 is 17.0 Å². The second-order valence-electron chi connectivity index (χ2n) is 11.6. The van der Waals surface area contributed by atoms with E-state index in [1.807, 2.05) is 6.07 Å². The van der Waals surface area contributed by atoms with Gasteiger partial charge in [-0.25, -0.2) is 13.8 Å². The number of nitriles is 2. The number of hydrogen-bond acceptors (Lipinski definition) is 10. The molecule has 6 rings (SSSR count). The fourth-order valence-corrected chi connectivity index (χ4v) is 6.29. The predicted molar refractivity (Wildman–Crippen MR) is 163 cm³/mol. The minimum Gasteiger partial charge on any atom is -0.381 e. The van der Waals surface area contributed by atoms with Crippen molar-refractivity contribution in [3.05, 3.63) is 66.1 Å². The van der Waals surface area contributed by atoms with Gasteiger partial charge in [0.15, 0.2) is 0 Å². The lowest BCUT2D eigenvalue weighted by molar-refractivity contribution is -0.00331. The van der Waals surface area contributed by atoms with Crippen LogP contribution in [-0.4, -0.2) is 64.6 Å². The zero-order chi connectivity index (χ0) is 31.6. The molecule has 4 aromatic rings. The molecule has 2 fully saturated rings. The van der Waals surface area contributed by atoms with Crippen LogP contribution in [0.2, 0.25) is 0 Å². The van der Waals surface area contributed by atoms with Crippen molar-refractivity contribution >= 4 is 22.8 Å². The molecule has 11 nitrogen and oxygen atoms in total. The number of halogens is 2. The van der Waals surface area contributed by atoms with E-state index in [0.717, 1.165) is 5.69 Å². The number of pyridine rings is 1. The third-order valence-electron chi connectivity index (χ3n) is 8.63. The molecule has 2 saturated heterocycles. The highest BCUT2D eigenvalue weighted by Crippen LogP contribution is 2.38. The Morgan fingerprint density at radius 3 is 2.62 bits per heavy atom. The molecule has 0 aliphatic carbocycles. The molecule has 2 aliphatic heterocycles. The molecular formula is C32H33F2N9O2. The van der Waals surface area contributed by atoms with E-state index in [0.29, 0.717) is 74.9 Å². The molecule has 0 amide bonds. The first-order valence-corrected chi connectivity index (χ1v) is 14.9. The van der Waals surface area contributed by atoms with E-state index >= 15 is 8.78 Å². The first-order valence-electron chi connectivity index (χ1n) is 14.9. The summed E-state index contributed by atoms with van der Waals surface area (Å²) in [5.41, 5.74) is 7.71. The van der Waals surface area contributed by atoms with Crippen molar-refractivity contribution in [1.82, 2.24) is 19.6 Å². The standard InChI is InChI=1S/C32H33F2N9O2/c1-20-17-42(18-25(37)30(20)45-10-2-8-35)28-5-9-38-16-27(28)40-31-39-15-22-3-4-26(41-43(22)31)29-23(33)13-21(14-24(29)34)32(19-36)6-11-44-12-7-32/h3-5,9,13-16,20,25,30H,2,6-7,10-12,17-18,37H2,1H3,(H,39,40)/t20-,25+,30-/m0/s1. The summed E-state index contributed by atoms with van der Waals surface area (Å²) in [4.78, 5) is 10.9. The third kappa shape index (κ3) is 5.90. The molecule has 3 aromatic heterocycles. The third-order valence-corrected chi connectivity index (χ3v) is 8.63. The number of imidazole rings is 1. The molecule has 2 aliphatic rings. The lowest BCUT2D eigenvalue weighted by atomic mass is 9.75. The average molecular weight is 614 g/mol. The van der Waals surface area contributed by atoms with Gasteiger partial charge in [-0.3, -0.25) is 4.98 Å². The zero-order valence-corrected chi connectivity index (χ0v) is 24.8. The van der Waals surface area contributed by atoms with Gasteiger partial charge in [-0.15, -0.1) is 0 Å². The Bertz CT molecular complexity index is 1740. The summed E-state index contributed by atoms with van der Waals surface area (Å²) in [6.45, 7) is 4.32. The SMILES string of the molecule is C[C@H]1CN(c2ccncc2Nc2ncc3ccc(-c4c(F)cc(C5(C#N)CCOCC5)cc4F)nn23)C[C@@H](N)[C@H]1OCCC#N. The molecule has 3 atom stereocenters. The minimum absolute atomic E-state index is 0.0766. The number of nitrogens with zero attached hydrogens (tertiary/aromatic N) is 7. The van der Waals surface area contributed by atoms with Gasteiger partial charge in [0.1, 0.15) is 11.6 Å². The van der Waals surface area contributed by atoms with Crippen LogP contribution < -0.4 is 16.0 Å². The smallest absolute Gasteiger partial charge is 0.229 e. The zero-order valence-electron chi connectivity index (χ0n) is 24.8. The molecule has 232 valence electrons. The van der Waals surface area contributed by atoms with Gasteiger partial charge < -0.3 is 25.4 Å². The van der Waals surface area contributed by atoms with Crippen LogP contribution in [0.1, 0.15) is 31.7 Å². The highest BCUT2D eigenvalue weighted by molar-refractivity contribution is 5.74. The number of nitrogens with two attached hydrogens (primary N) is 1. The van der Waals surface area contributed by atoms with Gasteiger partial charge in [-0.1, -0.05) is 6.92 Å². The Hall–Kier alpha value is -4.69. The average Bonchev–Trinajstić information content (AvgIpc) is 3.44. The van der Waals surface area contributed by atoms with Crippen LogP contribution in [-0.2, 0) is 14.9 Å². The summed E-state index contributed by atoms with van der Waals surface area (Å²) < 4.78 is 43.9. The quantitative estimate of drug-likeness (QED) is 0.273. The van der Waals surface area contributed by atoms with Gasteiger partial charge in [0.2, 0.25) is 5.95 Å². The summed E-state index contributed by atoms with van der Waals surface area (Å²) in [5.74, 6) is -1.16. The molecule has 0 radical (unpaired) electrons. The van der Waals surface area contributed by atoms with Crippen molar-refractivity contribution in [2.45, 2.75) is 43.7 Å². The number of aromatic nitrogens is 4. The highest BCUT2D eigenvalue weighted by Gasteiger charge is 2.37. The molecule has 13 heteroatoms. The largest absolute Gasteiger partial charge is 0.381 e. The maximum atomic E-state index is 15.6. The van der Waals surface area contributed by atoms with E-state index in [1.54, 1.807) is 24.7 Å². The lowest BCUT2D eigenvalue weighted by Gasteiger charge is -2.42. The van der Waals surface area contributed by atoms with Crippen molar-refractivity contribution < 1.29 is 18.3 Å². The molecule has 0 spiro atoms. The molecule has 3 N–H and O–H groups in total. The van der Waals surface area contributed by atoms with Crippen LogP contribution >= 0.6 is 0 Å². The van der Waals surface area contributed by atoms with E-state index in [1.165, 1.54) is 22.7 Å². The number of nitrogens with one attached hydrogen (secondary N) is 1. The van der Waals surface area contributed by atoms with E-state index in [-0.39, 0.29) is 29.3 Å². The number of ether oxygens (including phenoxy) is 2. The number of benzene rings is 1. The molecule has 0 bridgehead atoms. The highest BCUT2D eigenvalue weighted by atomic mass is 19.1. The normalized spacial score (nSPS) is 21.3. The Labute approximate surface area is 259 Å². The van der Waals surface area contributed by atoms with Crippen LogP contribution in [0.4, 0.5) is 26.1 Å². The van der Waals surface area contributed by atoms with Gasteiger partial charge in [-0.2, -0.15) is 20.1 Å². The van der Waals surface area contributed by atoms with Gasteiger partial charge >= 0.3 is 0 Å². The number of rotatable bonds is 8. The Morgan fingerprint density at radius 2 is 1.91 bits per heavy atom. The number of anilines is 3. The first kappa shape index (κ1) is 30.3. The monoisotopic (exact) mass is 613 g/mol. The second-order valence-corrected chi connectivity index (χ2v) is 11.6. The lowest BCUT2D eigenvalue weighted by Crippen LogP contribution is -2.56. The minimum atomic E-state index is -1.000. The topological polar surface area (TPSA) is 150 Å². The van der Waals surface area contributed by atoms with Crippen LogP contribution in [0.3, 0.4) is 0 Å². The molecule has 1 aromatic carbocycles.